The lowest BCUT2D eigenvalue weighted by molar-refractivity contribution is -0.123. The molecule has 4 nitrogen and oxygen atoms in total. The van der Waals surface area contributed by atoms with Gasteiger partial charge in [0.25, 0.3) is 0 Å². The van der Waals surface area contributed by atoms with Crippen LogP contribution in [0.15, 0.2) is 24.3 Å². The summed E-state index contributed by atoms with van der Waals surface area (Å²) >= 11 is 0. The fraction of sp³-hybridized carbons (Fsp3) is 0.600. The molecule has 0 aliphatic carbocycles. The summed E-state index contributed by atoms with van der Waals surface area (Å²) in [4.78, 5) is 24.1. The molecule has 4 bridgehead atoms. The largest absolute Gasteiger partial charge is 0.304 e. The van der Waals surface area contributed by atoms with Gasteiger partial charge < -0.3 is 10.6 Å². The topological polar surface area (TPSA) is 58.2 Å². The Morgan fingerprint density at radius 1 is 0.750 bits per heavy atom. The third-order valence-corrected chi connectivity index (χ3v) is 6.74. The maximum atomic E-state index is 12.1. The predicted molar refractivity (Wildman–Crippen MR) is 90.6 cm³/mol. The molecule has 4 saturated heterocycles. The minimum atomic E-state index is -0.149. The van der Waals surface area contributed by atoms with Crippen molar-refractivity contribution in [2.45, 2.75) is 74.5 Å². The van der Waals surface area contributed by atoms with E-state index in [1.54, 1.807) is 0 Å². The molecule has 0 aromatic heterocycles. The van der Waals surface area contributed by atoms with Gasteiger partial charge in [0.05, 0.1) is 11.1 Å². The number of carbonyl (C=O) groups excluding carboxylic acids is 2. The van der Waals surface area contributed by atoms with Crippen molar-refractivity contribution in [3.05, 3.63) is 35.4 Å². The van der Waals surface area contributed by atoms with E-state index in [4.69, 9.17) is 0 Å². The second-order valence-electron chi connectivity index (χ2n) is 8.34. The van der Waals surface area contributed by atoms with E-state index in [0.29, 0.717) is 49.3 Å². The third-order valence-electron chi connectivity index (χ3n) is 6.74. The van der Waals surface area contributed by atoms with Gasteiger partial charge in [0, 0.05) is 37.8 Å². The van der Waals surface area contributed by atoms with Crippen LogP contribution in [0.3, 0.4) is 0 Å². The van der Waals surface area contributed by atoms with Gasteiger partial charge in [0.2, 0.25) is 0 Å². The van der Waals surface area contributed by atoms with Gasteiger partial charge in [-0.25, -0.2) is 0 Å². The van der Waals surface area contributed by atoms with Crippen molar-refractivity contribution in [3.8, 4) is 0 Å². The number of rotatable bonds is 2. The van der Waals surface area contributed by atoms with Crippen LogP contribution in [0.2, 0.25) is 0 Å². The van der Waals surface area contributed by atoms with Crippen LogP contribution in [0.1, 0.15) is 62.5 Å². The smallest absolute Gasteiger partial charge is 0.136 e. The Bertz CT molecular complexity index is 652. The monoisotopic (exact) mass is 324 g/mol. The van der Waals surface area contributed by atoms with E-state index in [0.717, 1.165) is 25.7 Å². The first-order valence-electron chi connectivity index (χ1n) is 9.27. The van der Waals surface area contributed by atoms with Gasteiger partial charge in [-0.15, -0.1) is 0 Å². The van der Waals surface area contributed by atoms with Gasteiger partial charge in [-0.05, 0) is 36.8 Å². The summed E-state index contributed by atoms with van der Waals surface area (Å²) in [5.41, 5.74) is 2.17. The van der Waals surface area contributed by atoms with Crippen molar-refractivity contribution >= 4 is 11.6 Å². The number of hydrogen-bond donors (Lipinski definition) is 2. The number of Topliss-reactive ketones (excluding diaryl/α,β-unsaturated/α-hetero) is 2. The molecule has 4 unspecified atom stereocenters. The Balaban J connectivity index is 1.46. The Kier molecular flexibility index (Phi) is 3.08. The lowest BCUT2D eigenvalue weighted by atomic mass is 9.79. The molecule has 1 aromatic rings. The van der Waals surface area contributed by atoms with Gasteiger partial charge in [-0.2, -0.15) is 0 Å². The molecule has 4 heterocycles. The molecular formula is C20H24N2O2. The highest BCUT2D eigenvalue weighted by Gasteiger charge is 2.48. The van der Waals surface area contributed by atoms with E-state index in [1.807, 2.05) is 0 Å². The lowest BCUT2D eigenvalue weighted by Gasteiger charge is -2.36. The molecule has 0 amide bonds. The van der Waals surface area contributed by atoms with E-state index >= 15 is 0 Å². The fourth-order valence-corrected chi connectivity index (χ4v) is 5.63. The highest BCUT2D eigenvalue weighted by Crippen LogP contribution is 2.44. The van der Waals surface area contributed by atoms with E-state index in [9.17, 15) is 9.59 Å². The summed E-state index contributed by atoms with van der Waals surface area (Å²) < 4.78 is 0. The van der Waals surface area contributed by atoms with E-state index in [1.165, 1.54) is 11.1 Å². The van der Waals surface area contributed by atoms with Crippen LogP contribution in [0.4, 0.5) is 0 Å². The van der Waals surface area contributed by atoms with Gasteiger partial charge in [-0.3, -0.25) is 9.59 Å². The van der Waals surface area contributed by atoms with Crippen LogP contribution in [0, 0.1) is 0 Å². The first-order chi connectivity index (χ1) is 11.6. The zero-order chi connectivity index (χ0) is 16.4. The Morgan fingerprint density at radius 3 is 1.58 bits per heavy atom. The number of fused-ring (bicyclic) bond motifs is 4. The number of piperidine rings is 2. The molecule has 126 valence electrons. The Labute approximate surface area is 142 Å². The Morgan fingerprint density at radius 2 is 1.17 bits per heavy atom. The summed E-state index contributed by atoms with van der Waals surface area (Å²) in [6.07, 6.45) is 6.90. The second kappa shape index (κ2) is 4.99. The van der Waals surface area contributed by atoms with Crippen LogP contribution in [0.25, 0.3) is 0 Å². The molecule has 4 aliphatic heterocycles. The normalized spacial score (nSPS) is 41.0. The molecule has 0 spiro atoms. The molecule has 0 radical (unpaired) electrons. The highest BCUT2D eigenvalue weighted by molar-refractivity contribution is 5.83. The zero-order valence-electron chi connectivity index (χ0n) is 13.9. The molecule has 5 rings (SSSR count). The van der Waals surface area contributed by atoms with Crippen molar-refractivity contribution in [3.63, 3.8) is 0 Å². The minimum Gasteiger partial charge on any atom is -0.304 e. The molecule has 24 heavy (non-hydrogen) atoms. The van der Waals surface area contributed by atoms with E-state index in [-0.39, 0.29) is 11.1 Å². The lowest BCUT2D eigenvalue weighted by Crippen LogP contribution is -2.48. The summed E-state index contributed by atoms with van der Waals surface area (Å²) in [6, 6.07) is 9.46. The maximum absolute atomic E-state index is 12.1. The molecule has 4 heteroatoms. The van der Waals surface area contributed by atoms with Crippen molar-refractivity contribution in [2.24, 2.45) is 0 Å². The van der Waals surface area contributed by atoms with E-state index in [2.05, 4.69) is 34.9 Å². The molecule has 4 aliphatic rings. The van der Waals surface area contributed by atoms with Gasteiger partial charge in [0.15, 0.2) is 0 Å². The molecule has 1 aromatic carbocycles. The summed E-state index contributed by atoms with van der Waals surface area (Å²) in [6.45, 7) is 0. The third kappa shape index (κ3) is 2.12. The maximum Gasteiger partial charge on any atom is 0.136 e. The van der Waals surface area contributed by atoms with Crippen LogP contribution >= 0.6 is 0 Å². The van der Waals surface area contributed by atoms with Crippen LogP contribution in [-0.4, -0.2) is 23.7 Å². The highest BCUT2D eigenvalue weighted by atomic mass is 16.1. The molecular weight excluding hydrogens is 300 g/mol. The quantitative estimate of drug-likeness (QED) is 0.876. The number of carbonyl (C=O) groups is 2. The summed E-state index contributed by atoms with van der Waals surface area (Å²) in [7, 11) is 0. The second-order valence-corrected chi connectivity index (χ2v) is 8.34. The molecule has 4 atom stereocenters. The van der Waals surface area contributed by atoms with Crippen molar-refractivity contribution in [1.29, 1.82) is 0 Å². The predicted octanol–water partition coefficient (Wildman–Crippen LogP) is 2.31. The van der Waals surface area contributed by atoms with Gasteiger partial charge in [-0.1, -0.05) is 24.3 Å². The number of nitrogens with one attached hydrogen (secondary N) is 2. The average Bonchev–Trinajstić information content (AvgIpc) is 3.05. The van der Waals surface area contributed by atoms with Gasteiger partial charge in [0.1, 0.15) is 11.6 Å². The average molecular weight is 324 g/mol. The summed E-state index contributed by atoms with van der Waals surface area (Å²) in [5.74, 6) is 0.772. The molecule has 2 N–H and O–H groups in total. The number of benzene rings is 1. The van der Waals surface area contributed by atoms with Crippen LogP contribution in [0.5, 0.6) is 0 Å². The minimum absolute atomic E-state index is 0.149. The number of ketones is 2. The van der Waals surface area contributed by atoms with Crippen molar-refractivity contribution in [2.75, 3.05) is 0 Å². The number of hydrogen-bond acceptors (Lipinski definition) is 4. The zero-order valence-corrected chi connectivity index (χ0v) is 13.9. The van der Waals surface area contributed by atoms with Crippen LogP contribution in [-0.2, 0) is 20.7 Å². The standard InChI is InChI=1S/C20H24N2O2/c23-17-9-15-5-7-19(11-17,21-15)13-1-2-14(4-3-13)20-8-6-16(22-20)10-18(24)12-20/h1-4,15-16,21-22H,5-12H2. The fourth-order valence-electron chi connectivity index (χ4n) is 5.63. The molecule has 0 saturated carbocycles. The van der Waals surface area contributed by atoms with Crippen molar-refractivity contribution < 1.29 is 9.59 Å². The first kappa shape index (κ1) is 14.8. The van der Waals surface area contributed by atoms with E-state index < -0.39 is 0 Å². The van der Waals surface area contributed by atoms with Crippen molar-refractivity contribution in [1.82, 2.24) is 10.6 Å². The Hall–Kier alpha value is -1.52. The summed E-state index contributed by atoms with van der Waals surface area (Å²) in [5, 5.41) is 7.40. The van der Waals surface area contributed by atoms with Gasteiger partial charge >= 0.3 is 0 Å². The first-order valence-corrected chi connectivity index (χ1v) is 9.27. The van der Waals surface area contributed by atoms with Crippen LogP contribution < -0.4 is 10.6 Å². The molecule has 4 fully saturated rings. The SMILES string of the molecule is O=C1CC2CCC(c3ccc(C45CCC(CC(=O)C4)N5)cc3)(C1)N2.